The van der Waals surface area contributed by atoms with Gasteiger partial charge in [-0.15, -0.1) is 12.4 Å². The van der Waals surface area contributed by atoms with Crippen LogP contribution >= 0.6 is 12.4 Å². The number of ether oxygens (including phenoxy) is 2. The monoisotopic (exact) mass is 217 g/mol. The Morgan fingerprint density at radius 1 is 1.21 bits per heavy atom. The number of hydrogen-bond acceptors (Lipinski definition) is 3. The molecule has 0 saturated heterocycles. The Morgan fingerprint density at radius 2 is 1.86 bits per heavy atom. The molecule has 0 spiro atoms. The second-order valence-corrected chi connectivity index (χ2v) is 2.69. The molecular formula is C10H16ClNO2. The Kier molecular flexibility index (Phi) is 7.20. The highest BCUT2D eigenvalue weighted by atomic mass is 35.5. The van der Waals surface area contributed by atoms with E-state index in [9.17, 15) is 0 Å². The molecule has 2 N–H and O–H groups in total. The molecule has 1 aromatic carbocycles. The van der Waals surface area contributed by atoms with Gasteiger partial charge in [0, 0.05) is 6.54 Å². The van der Waals surface area contributed by atoms with Crippen LogP contribution in [-0.4, -0.2) is 20.3 Å². The third kappa shape index (κ3) is 4.46. The van der Waals surface area contributed by atoms with Gasteiger partial charge in [-0.25, -0.2) is 0 Å². The van der Waals surface area contributed by atoms with Crippen LogP contribution in [0.15, 0.2) is 24.3 Å². The van der Waals surface area contributed by atoms with Crippen LogP contribution in [-0.2, 0) is 11.3 Å². The zero-order valence-corrected chi connectivity index (χ0v) is 9.05. The number of rotatable bonds is 5. The molecule has 1 rings (SSSR count). The number of halogens is 1. The molecule has 0 unspecified atom stereocenters. The van der Waals surface area contributed by atoms with Crippen molar-refractivity contribution in [3.05, 3.63) is 29.8 Å². The van der Waals surface area contributed by atoms with E-state index in [0.29, 0.717) is 19.8 Å². The molecule has 0 aromatic heterocycles. The molecule has 0 aliphatic heterocycles. The minimum atomic E-state index is 0. The first-order valence-corrected chi connectivity index (χ1v) is 4.27. The highest BCUT2D eigenvalue weighted by Crippen LogP contribution is 2.11. The van der Waals surface area contributed by atoms with Gasteiger partial charge >= 0.3 is 0 Å². The zero-order valence-electron chi connectivity index (χ0n) is 8.23. The van der Waals surface area contributed by atoms with Gasteiger partial charge in [0.1, 0.15) is 5.75 Å². The summed E-state index contributed by atoms with van der Waals surface area (Å²) in [6.07, 6.45) is 0. The molecule has 80 valence electrons. The van der Waals surface area contributed by atoms with Crippen LogP contribution < -0.4 is 10.5 Å². The molecule has 0 atom stereocenters. The lowest BCUT2D eigenvalue weighted by molar-refractivity contribution is 0.128. The number of nitrogens with two attached hydrogens (primary N) is 1. The minimum absolute atomic E-state index is 0. The van der Waals surface area contributed by atoms with E-state index >= 15 is 0 Å². The lowest BCUT2D eigenvalue weighted by Gasteiger charge is -2.03. The van der Waals surface area contributed by atoms with Gasteiger partial charge in [-0.05, 0) is 17.7 Å². The third-order valence-electron chi connectivity index (χ3n) is 1.69. The fourth-order valence-electron chi connectivity index (χ4n) is 0.995. The standard InChI is InChI=1S/C10H15NO2.ClH/c1-12-10-4-2-9(3-5-10)8-13-7-6-11;/h2-5H,6-8,11H2,1H3;1H. The van der Waals surface area contributed by atoms with Crippen LogP contribution in [0.4, 0.5) is 0 Å². The lowest BCUT2D eigenvalue weighted by atomic mass is 10.2. The molecule has 0 aliphatic rings. The van der Waals surface area contributed by atoms with Crippen molar-refractivity contribution < 1.29 is 9.47 Å². The summed E-state index contributed by atoms with van der Waals surface area (Å²) in [4.78, 5) is 0. The summed E-state index contributed by atoms with van der Waals surface area (Å²) in [5.41, 5.74) is 6.43. The predicted octanol–water partition coefficient (Wildman–Crippen LogP) is 1.59. The van der Waals surface area contributed by atoms with E-state index < -0.39 is 0 Å². The highest BCUT2D eigenvalue weighted by Gasteiger charge is 1.93. The van der Waals surface area contributed by atoms with Gasteiger partial charge in [0.15, 0.2) is 0 Å². The fraction of sp³-hybridized carbons (Fsp3) is 0.400. The van der Waals surface area contributed by atoms with Gasteiger partial charge < -0.3 is 15.2 Å². The predicted molar refractivity (Wildman–Crippen MR) is 59.0 cm³/mol. The van der Waals surface area contributed by atoms with Gasteiger partial charge in [0.2, 0.25) is 0 Å². The Labute approximate surface area is 90.6 Å². The fourth-order valence-corrected chi connectivity index (χ4v) is 0.995. The van der Waals surface area contributed by atoms with Crippen LogP contribution in [0.25, 0.3) is 0 Å². The summed E-state index contributed by atoms with van der Waals surface area (Å²) >= 11 is 0. The van der Waals surface area contributed by atoms with Crippen LogP contribution in [0, 0.1) is 0 Å². The van der Waals surface area contributed by atoms with E-state index in [1.807, 2.05) is 24.3 Å². The molecule has 0 saturated carbocycles. The van der Waals surface area contributed by atoms with Crippen LogP contribution in [0.1, 0.15) is 5.56 Å². The summed E-state index contributed by atoms with van der Waals surface area (Å²) in [6.45, 7) is 1.78. The maximum absolute atomic E-state index is 5.29. The minimum Gasteiger partial charge on any atom is -0.497 e. The van der Waals surface area contributed by atoms with Crippen LogP contribution in [0.3, 0.4) is 0 Å². The van der Waals surface area contributed by atoms with Gasteiger partial charge in [0.25, 0.3) is 0 Å². The quantitative estimate of drug-likeness (QED) is 0.762. The first kappa shape index (κ1) is 13.2. The lowest BCUT2D eigenvalue weighted by Crippen LogP contribution is -2.08. The van der Waals surface area contributed by atoms with Gasteiger partial charge in [-0.1, -0.05) is 12.1 Å². The normalized spacial score (nSPS) is 9.29. The molecular weight excluding hydrogens is 202 g/mol. The van der Waals surface area contributed by atoms with E-state index in [1.54, 1.807) is 7.11 Å². The Balaban J connectivity index is 0.00000169. The van der Waals surface area contributed by atoms with Gasteiger partial charge in [-0.3, -0.25) is 0 Å². The van der Waals surface area contributed by atoms with E-state index in [4.69, 9.17) is 15.2 Å². The number of benzene rings is 1. The summed E-state index contributed by atoms with van der Waals surface area (Å²) in [7, 11) is 1.65. The molecule has 14 heavy (non-hydrogen) atoms. The Bertz CT molecular complexity index is 238. The summed E-state index contributed by atoms with van der Waals surface area (Å²) < 4.78 is 10.3. The molecule has 0 amide bonds. The van der Waals surface area contributed by atoms with Crippen molar-refractivity contribution >= 4 is 12.4 Å². The van der Waals surface area contributed by atoms with E-state index in [1.165, 1.54) is 0 Å². The molecule has 4 heteroatoms. The number of hydrogen-bond donors (Lipinski definition) is 1. The van der Waals surface area contributed by atoms with Gasteiger partial charge in [0.05, 0.1) is 20.3 Å². The maximum Gasteiger partial charge on any atom is 0.118 e. The largest absolute Gasteiger partial charge is 0.497 e. The second kappa shape index (κ2) is 7.62. The molecule has 0 aliphatic carbocycles. The second-order valence-electron chi connectivity index (χ2n) is 2.69. The van der Waals surface area contributed by atoms with E-state index in [-0.39, 0.29) is 12.4 Å². The van der Waals surface area contributed by atoms with Gasteiger partial charge in [-0.2, -0.15) is 0 Å². The van der Waals surface area contributed by atoms with Crippen LogP contribution in [0.5, 0.6) is 5.75 Å². The summed E-state index contributed by atoms with van der Waals surface area (Å²) in [5, 5.41) is 0. The first-order chi connectivity index (χ1) is 6.36. The average Bonchev–Trinajstić information content (AvgIpc) is 2.19. The SMILES string of the molecule is COc1ccc(COCCN)cc1.Cl. The molecule has 0 fully saturated rings. The smallest absolute Gasteiger partial charge is 0.118 e. The maximum atomic E-state index is 5.29. The van der Waals surface area contributed by atoms with Crippen molar-refractivity contribution in [2.24, 2.45) is 5.73 Å². The Hall–Kier alpha value is -0.770. The molecule has 0 heterocycles. The van der Waals surface area contributed by atoms with Crippen molar-refractivity contribution in [3.63, 3.8) is 0 Å². The molecule has 0 radical (unpaired) electrons. The number of methoxy groups -OCH3 is 1. The molecule has 0 bridgehead atoms. The molecule has 3 nitrogen and oxygen atoms in total. The highest BCUT2D eigenvalue weighted by molar-refractivity contribution is 5.85. The van der Waals surface area contributed by atoms with Crippen molar-refractivity contribution in [2.45, 2.75) is 6.61 Å². The summed E-state index contributed by atoms with van der Waals surface area (Å²) in [5.74, 6) is 0.863. The topological polar surface area (TPSA) is 44.5 Å². The van der Waals surface area contributed by atoms with E-state index in [0.717, 1.165) is 11.3 Å². The summed E-state index contributed by atoms with van der Waals surface area (Å²) in [6, 6.07) is 7.80. The van der Waals surface area contributed by atoms with Crippen molar-refractivity contribution in [1.29, 1.82) is 0 Å². The Morgan fingerprint density at radius 3 is 2.36 bits per heavy atom. The van der Waals surface area contributed by atoms with Crippen LogP contribution in [0.2, 0.25) is 0 Å². The average molecular weight is 218 g/mol. The zero-order chi connectivity index (χ0) is 9.52. The molecule has 1 aromatic rings. The van der Waals surface area contributed by atoms with Crippen molar-refractivity contribution in [1.82, 2.24) is 0 Å². The first-order valence-electron chi connectivity index (χ1n) is 4.27. The van der Waals surface area contributed by atoms with Crippen molar-refractivity contribution in [2.75, 3.05) is 20.3 Å². The van der Waals surface area contributed by atoms with E-state index in [2.05, 4.69) is 0 Å². The van der Waals surface area contributed by atoms with Crippen molar-refractivity contribution in [3.8, 4) is 5.75 Å². The third-order valence-corrected chi connectivity index (χ3v) is 1.69.